The molecule has 6 nitrogen and oxygen atoms in total. The van der Waals surface area contributed by atoms with Crippen molar-refractivity contribution in [3.63, 3.8) is 0 Å². The Labute approximate surface area is 206 Å². The molecule has 2 N–H and O–H groups in total. The van der Waals surface area contributed by atoms with Gasteiger partial charge in [0.1, 0.15) is 0 Å². The predicted molar refractivity (Wildman–Crippen MR) is 135 cm³/mol. The van der Waals surface area contributed by atoms with Gasteiger partial charge in [-0.2, -0.15) is 0 Å². The van der Waals surface area contributed by atoms with Crippen LogP contribution in [-0.4, -0.2) is 53.0 Å². The maximum absolute atomic E-state index is 12.8. The van der Waals surface area contributed by atoms with Crippen LogP contribution in [0.5, 0.6) is 0 Å². The minimum absolute atomic E-state index is 0.365. The fourth-order valence-corrected chi connectivity index (χ4v) is 6.15. The zero-order valence-electron chi connectivity index (χ0n) is 18.6. The Morgan fingerprint density at radius 2 is 1.73 bits per heavy atom. The van der Waals surface area contributed by atoms with E-state index in [1.807, 2.05) is 30.5 Å². The molecule has 1 saturated heterocycles. The summed E-state index contributed by atoms with van der Waals surface area (Å²) in [4.78, 5) is 28.0. The Bertz CT molecular complexity index is 1260. The number of aromatic nitrogens is 1. The number of amides is 2. The van der Waals surface area contributed by atoms with Gasteiger partial charge in [-0.25, -0.2) is 0 Å². The Balaban J connectivity index is 1.53. The van der Waals surface area contributed by atoms with Gasteiger partial charge in [-0.3, -0.25) is 14.9 Å². The molecule has 1 fully saturated rings. The van der Waals surface area contributed by atoms with Gasteiger partial charge in [-0.05, 0) is 60.4 Å². The van der Waals surface area contributed by atoms with Crippen molar-refractivity contribution in [1.29, 1.82) is 0 Å². The van der Waals surface area contributed by atoms with E-state index in [9.17, 15) is 9.59 Å². The van der Waals surface area contributed by atoms with Crippen LogP contribution in [-0.2, 0) is 6.54 Å². The molecule has 0 aliphatic carbocycles. The van der Waals surface area contributed by atoms with Crippen molar-refractivity contribution in [2.75, 3.05) is 19.6 Å². The molecule has 2 atom stereocenters. The van der Waals surface area contributed by atoms with Gasteiger partial charge in [0, 0.05) is 58.4 Å². The molecule has 0 bridgehead atoms. The standard InChI is InChI=1S/C25H26BrClN4O2/c1-14-11-30(12-15(2)28-14)8-5-9-31-13-18(26)22-20(31)10-17(16-6-3-4-7-19(16)27)21-23(22)25(33)29-24(21)32/h3-4,6-7,10,13-15,28H,5,8-9,11-12H2,1-2H3,(H,29,32,33). The Morgan fingerprint density at radius 1 is 1.03 bits per heavy atom. The molecule has 0 spiro atoms. The first-order chi connectivity index (χ1) is 15.8. The van der Waals surface area contributed by atoms with E-state index in [-0.39, 0.29) is 11.8 Å². The molecule has 8 heteroatoms. The van der Waals surface area contributed by atoms with Crippen LogP contribution in [0.15, 0.2) is 41.0 Å². The summed E-state index contributed by atoms with van der Waals surface area (Å²) in [5.41, 5.74) is 3.16. The highest BCUT2D eigenvalue weighted by Crippen LogP contribution is 2.41. The first-order valence-corrected chi connectivity index (χ1v) is 12.4. The van der Waals surface area contributed by atoms with Crippen molar-refractivity contribution >= 4 is 50.2 Å². The summed E-state index contributed by atoms with van der Waals surface area (Å²) < 4.78 is 2.99. The average molecular weight is 530 g/mol. The van der Waals surface area contributed by atoms with Gasteiger partial charge in [0.2, 0.25) is 0 Å². The Hall–Kier alpha value is -2.19. The Kier molecular flexibility index (Phi) is 6.07. The number of hydrogen-bond acceptors (Lipinski definition) is 4. The zero-order valence-corrected chi connectivity index (χ0v) is 21.0. The van der Waals surface area contributed by atoms with Gasteiger partial charge >= 0.3 is 0 Å². The summed E-state index contributed by atoms with van der Waals surface area (Å²) in [6, 6.07) is 10.4. The molecule has 2 aliphatic heterocycles. The van der Waals surface area contributed by atoms with Gasteiger partial charge in [-0.1, -0.05) is 29.8 Å². The Morgan fingerprint density at radius 3 is 2.45 bits per heavy atom. The van der Waals surface area contributed by atoms with Gasteiger partial charge in [-0.15, -0.1) is 0 Å². The van der Waals surface area contributed by atoms with E-state index in [2.05, 4.69) is 49.9 Å². The number of carbonyl (C=O) groups is 2. The molecule has 2 aliphatic rings. The van der Waals surface area contributed by atoms with Crippen LogP contribution in [0, 0.1) is 0 Å². The van der Waals surface area contributed by atoms with E-state index < -0.39 is 0 Å². The van der Waals surface area contributed by atoms with Crippen LogP contribution in [0.2, 0.25) is 5.02 Å². The second-order valence-corrected chi connectivity index (χ2v) is 10.3. The molecule has 0 saturated carbocycles. The summed E-state index contributed by atoms with van der Waals surface area (Å²) in [7, 11) is 0. The van der Waals surface area contributed by atoms with Crippen molar-refractivity contribution in [1.82, 2.24) is 20.1 Å². The highest BCUT2D eigenvalue weighted by Gasteiger charge is 2.34. The van der Waals surface area contributed by atoms with Crippen molar-refractivity contribution in [3.8, 4) is 11.1 Å². The van der Waals surface area contributed by atoms with E-state index in [0.717, 1.165) is 53.5 Å². The number of fused-ring (bicyclic) bond motifs is 3. The lowest BCUT2D eigenvalue weighted by atomic mass is 9.94. The number of carbonyl (C=O) groups excluding carboxylic acids is 2. The van der Waals surface area contributed by atoms with E-state index in [1.54, 1.807) is 6.07 Å². The summed E-state index contributed by atoms with van der Waals surface area (Å²) in [6.45, 7) is 8.37. The molecule has 2 amide bonds. The highest BCUT2D eigenvalue weighted by atomic mass is 79.9. The third kappa shape index (κ3) is 4.12. The third-order valence-corrected chi connectivity index (χ3v) is 7.41. The monoisotopic (exact) mass is 528 g/mol. The molecule has 0 radical (unpaired) electrons. The summed E-state index contributed by atoms with van der Waals surface area (Å²) >= 11 is 10.1. The summed E-state index contributed by atoms with van der Waals surface area (Å²) in [6.07, 6.45) is 3.00. The minimum atomic E-state index is -0.381. The molecule has 3 aromatic rings. The minimum Gasteiger partial charge on any atom is -0.346 e. The number of halogens is 2. The van der Waals surface area contributed by atoms with Crippen LogP contribution in [0.1, 0.15) is 41.0 Å². The van der Waals surface area contributed by atoms with Gasteiger partial charge in [0.15, 0.2) is 0 Å². The SMILES string of the molecule is CC1CN(CCCn2cc(Br)c3c4c(c(-c5ccccc5Cl)cc32)C(=O)NC4=O)CC(C)N1. The lowest BCUT2D eigenvalue weighted by Gasteiger charge is -2.36. The molecule has 3 heterocycles. The first kappa shape index (κ1) is 22.6. The van der Waals surface area contributed by atoms with Gasteiger partial charge < -0.3 is 14.8 Å². The molecule has 172 valence electrons. The van der Waals surface area contributed by atoms with E-state index in [0.29, 0.717) is 33.8 Å². The quantitative estimate of drug-likeness (QED) is 0.471. The normalized spacial score (nSPS) is 21.0. The van der Waals surface area contributed by atoms with Crippen molar-refractivity contribution < 1.29 is 9.59 Å². The summed E-state index contributed by atoms with van der Waals surface area (Å²) in [5.74, 6) is -0.746. The van der Waals surface area contributed by atoms with Gasteiger partial charge in [0.05, 0.1) is 16.6 Å². The zero-order chi connectivity index (χ0) is 23.3. The number of nitrogens with one attached hydrogen (secondary N) is 2. The topological polar surface area (TPSA) is 66.4 Å². The van der Waals surface area contributed by atoms with Crippen molar-refractivity contribution in [2.45, 2.75) is 38.9 Å². The summed E-state index contributed by atoms with van der Waals surface area (Å²) in [5, 5.41) is 7.36. The highest BCUT2D eigenvalue weighted by molar-refractivity contribution is 9.10. The molecule has 5 rings (SSSR count). The number of imide groups is 1. The number of hydrogen-bond donors (Lipinski definition) is 2. The molecular formula is C25H26BrClN4O2. The lowest BCUT2D eigenvalue weighted by molar-refractivity contribution is 0.0880. The van der Waals surface area contributed by atoms with E-state index in [4.69, 9.17) is 11.6 Å². The predicted octanol–water partition coefficient (Wildman–Crippen LogP) is 4.68. The van der Waals surface area contributed by atoms with Crippen LogP contribution in [0.4, 0.5) is 0 Å². The molecule has 1 aromatic heterocycles. The second kappa shape index (κ2) is 8.87. The average Bonchev–Trinajstić information content (AvgIpc) is 3.23. The first-order valence-electron chi connectivity index (χ1n) is 11.3. The van der Waals surface area contributed by atoms with Crippen LogP contribution in [0.25, 0.3) is 22.0 Å². The van der Waals surface area contributed by atoms with Gasteiger partial charge in [0.25, 0.3) is 11.8 Å². The van der Waals surface area contributed by atoms with Crippen LogP contribution < -0.4 is 10.6 Å². The number of aryl methyl sites for hydroxylation is 1. The molecular weight excluding hydrogens is 504 g/mol. The third-order valence-electron chi connectivity index (χ3n) is 6.48. The maximum Gasteiger partial charge on any atom is 0.259 e. The molecule has 2 aromatic carbocycles. The number of benzene rings is 2. The maximum atomic E-state index is 12.8. The van der Waals surface area contributed by atoms with E-state index in [1.165, 1.54) is 0 Å². The second-order valence-electron chi connectivity index (χ2n) is 9.08. The smallest absolute Gasteiger partial charge is 0.259 e. The fraction of sp³-hybridized carbons (Fsp3) is 0.360. The number of piperazine rings is 1. The lowest BCUT2D eigenvalue weighted by Crippen LogP contribution is -2.54. The van der Waals surface area contributed by atoms with Crippen LogP contribution in [0.3, 0.4) is 0 Å². The largest absolute Gasteiger partial charge is 0.346 e. The van der Waals surface area contributed by atoms with Crippen LogP contribution >= 0.6 is 27.5 Å². The van der Waals surface area contributed by atoms with Crippen molar-refractivity contribution in [2.24, 2.45) is 0 Å². The molecule has 33 heavy (non-hydrogen) atoms. The van der Waals surface area contributed by atoms with E-state index >= 15 is 0 Å². The van der Waals surface area contributed by atoms with Crippen molar-refractivity contribution in [3.05, 3.63) is 57.2 Å². The number of rotatable bonds is 5. The molecule has 2 unspecified atom stereocenters. The fourth-order valence-electron chi connectivity index (χ4n) is 5.26. The number of nitrogens with zero attached hydrogens (tertiary/aromatic N) is 2.